The number of rotatable bonds is 4. The highest BCUT2D eigenvalue weighted by molar-refractivity contribution is 8.06. The lowest BCUT2D eigenvalue weighted by Crippen LogP contribution is -2.34. The van der Waals surface area contributed by atoms with Crippen molar-refractivity contribution in [1.29, 1.82) is 0 Å². The highest BCUT2D eigenvalue weighted by Gasteiger charge is 2.16. The first kappa shape index (κ1) is 11.0. The summed E-state index contributed by atoms with van der Waals surface area (Å²) in [7, 11) is 0. The molecule has 0 saturated carbocycles. The molecule has 0 spiro atoms. The van der Waals surface area contributed by atoms with Crippen molar-refractivity contribution >= 4 is 24.5 Å². The monoisotopic (exact) mass is 201 g/mol. The van der Waals surface area contributed by atoms with Crippen LogP contribution in [0.5, 0.6) is 0 Å². The Hall–Kier alpha value is -0.0400. The van der Waals surface area contributed by atoms with Gasteiger partial charge >= 0.3 is 12.7 Å². The molecule has 0 saturated heterocycles. The Bertz CT molecular complexity index is 190. The van der Waals surface area contributed by atoms with E-state index < -0.39 is 25.3 Å². The number of carboxylic acids is 1. The zero-order valence-corrected chi connectivity index (χ0v) is 7.09. The molecule has 0 heterocycles. The SMILES string of the molecule is N[C@@H](COP(O)(O)=S)C(=O)O. The second-order valence-corrected chi connectivity index (χ2v) is 4.40. The van der Waals surface area contributed by atoms with Gasteiger partial charge < -0.3 is 25.2 Å². The van der Waals surface area contributed by atoms with Crippen LogP contribution in [0.1, 0.15) is 0 Å². The Labute approximate surface area is 67.8 Å². The summed E-state index contributed by atoms with van der Waals surface area (Å²) in [4.78, 5) is 26.9. The van der Waals surface area contributed by atoms with Crippen molar-refractivity contribution in [1.82, 2.24) is 0 Å². The lowest BCUT2D eigenvalue weighted by Gasteiger charge is -2.10. The van der Waals surface area contributed by atoms with Crippen molar-refractivity contribution in [3.8, 4) is 0 Å². The van der Waals surface area contributed by atoms with Gasteiger partial charge in [-0.15, -0.1) is 0 Å². The molecule has 1 atom stereocenters. The van der Waals surface area contributed by atoms with Gasteiger partial charge in [0, 0.05) is 0 Å². The van der Waals surface area contributed by atoms with Crippen molar-refractivity contribution in [3.63, 3.8) is 0 Å². The molecule has 11 heavy (non-hydrogen) atoms. The Kier molecular flexibility index (Phi) is 4.09. The summed E-state index contributed by atoms with van der Waals surface area (Å²) >= 11 is 4.04. The predicted octanol–water partition coefficient (Wildman–Crippen LogP) is -1.38. The lowest BCUT2D eigenvalue weighted by molar-refractivity contribution is -0.139. The Morgan fingerprint density at radius 1 is 1.73 bits per heavy atom. The Morgan fingerprint density at radius 3 is 2.45 bits per heavy atom. The van der Waals surface area contributed by atoms with Crippen LogP contribution in [0.15, 0.2) is 0 Å². The van der Waals surface area contributed by atoms with E-state index in [0.717, 1.165) is 0 Å². The molecule has 0 rings (SSSR count). The van der Waals surface area contributed by atoms with Crippen LogP contribution in [0.25, 0.3) is 0 Å². The van der Waals surface area contributed by atoms with Crippen molar-refractivity contribution < 1.29 is 24.2 Å². The molecule has 66 valence electrons. The molecule has 0 aliphatic heterocycles. The van der Waals surface area contributed by atoms with Crippen LogP contribution in [0, 0.1) is 0 Å². The number of aliphatic carboxylic acids is 1. The molecule has 8 heteroatoms. The van der Waals surface area contributed by atoms with Crippen LogP contribution in [0.3, 0.4) is 0 Å². The van der Waals surface area contributed by atoms with Crippen LogP contribution in [-0.2, 0) is 21.1 Å². The minimum absolute atomic E-state index is 0.500. The van der Waals surface area contributed by atoms with Crippen LogP contribution < -0.4 is 5.73 Å². The molecule has 0 radical (unpaired) electrons. The summed E-state index contributed by atoms with van der Waals surface area (Å²) in [6.07, 6.45) is 0. The second-order valence-electron chi connectivity index (χ2n) is 1.73. The van der Waals surface area contributed by atoms with Gasteiger partial charge in [0.1, 0.15) is 6.04 Å². The second kappa shape index (κ2) is 4.10. The molecule has 0 aromatic heterocycles. The first-order valence-corrected chi connectivity index (χ1v) is 5.14. The maximum absolute atomic E-state index is 10.0. The van der Waals surface area contributed by atoms with Gasteiger partial charge in [0.2, 0.25) is 0 Å². The maximum atomic E-state index is 10.0. The molecule has 0 aliphatic rings. The number of hydrogen-bond donors (Lipinski definition) is 4. The summed E-state index contributed by atoms with van der Waals surface area (Å²) < 4.78 is 4.18. The molecule has 0 amide bonds. The minimum Gasteiger partial charge on any atom is -0.480 e. The van der Waals surface area contributed by atoms with E-state index >= 15 is 0 Å². The number of carbonyl (C=O) groups is 1. The molecule has 6 nitrogen and oxygen atoms in total. The van der Waals surface area contributed by atoms with E-state index in [9.17, 15) is 4.79 Å². The zero-order valence-electron chi connectivity index (χ0n) is 5.38. The zero-order chi connectivity index (χ0) is 9.07. The topological polar surface area (TPSA) is 113 Å². The molecular formula is C3H8NO5PS. The van der Waals surface area contributed by atoms with Crippen LogP contribution >= 0.6 is 6.72 Å². The highest BCUT2D eigenvalue weighted by Crippen LogP contribution is 2.35. The fraction of sp³-hybridized carbons (Fsp3) is 0.667. The van der Waals surface area contributed by atoms with E-state index in [0.29, 0.717) is 0 Å². The van der Waals surface area contributed by atoms with Gasteiger partial charge in [-0.05, 0) is 11.8 Å². The third-order valence-electron chi connectivity index (χ3n) is 0.739. The average molecular weight is 201 g/mol. The Balaban J connectivity index is 3.72. The van der Waals surface area contributed by atoms with Crippen LogP contribution in [0.2, 0.25) is 0 Å². The largest absolute Gasteiger partial charge is 0.480 e. The van der Waals surface area contributed by atoms with E-state index in [1.54, 1.807) is 0 Å². The average Bonchev–Trinajstić information content (AvgIpc) is 1.80. The quantitative estimate of drug-likeness (QED) is 0.415. The van der Waals surface area contributed by atoms with Gasteiger partial charge in [0.15, 0.2) is 0 Å². The lowest BCUT2D eigenvalue weighted by atomic mass is 10.3. The highest BCUT2D eigenvalue weighted by atomic mass is 32.5. The first-order chi connectivity index (χ1) is 4.83. The molecule has 5 N–H and O–H groups in total. The fourth-order valence-electron chi connectivity index (χ4n) is 0.249. The van der Waals surface area contributed by atoms with Gasteiger partial charge in [0.25, 0.3) is 0 Å². The van der Waals surface area contributed by atoms with E-state index in [4.69, 9.17) is 20.6 Å². The summed E-state index contributed by atoms with van der Waals surface area (Å²) in [5.74, 6) is -1.28. The standard InChI is InChI=1S/C3H8NO5PS/c4-2(3(5)6)1-9-10(7,8)11/h2H,1,4H2,(H,5,6)(H2,7,8,11)/t2-/m0/s1. The van der Waals surface area contributed by atoms with E-state index in [1.165, 1.54) is 0 Å². The summed E-state index contributed by atoms with van der Waals surface area (Å²) in [6.45, 7) is -4.27. The van der Waals surface area contributed by atoms with Gasteiger partial charge in [-0.2, -0.15) is 0 Å². The van der Waals surface area contributed by atoms with Crippen LogP contribution in [-0.4, -0.2) is 33.5 Å². The minimum atomic E-state index is -3.77. The van der Waals surface area contributed by atoms with E-state index in [2.05, 4.69) is 16.3 Å². The van der Waals surface area contributed by atoms with E-state index in [1.807, 2.05) is 0 Å². The van der Waals surface area contributed by atoms with Crippen molar-refractivity contribution in [2.24, 2.45) is 5.73 Å². The number of carboxylic acid groups (broad SMARTS) is 1. The van der Waals surface area contributed by atoms with Crippen molar-refractivity contribution in [3.05, 3.63) is 0 Å². The molecule has 0 unspecified atom stereocenters. The number of nitrogens with two attached hydrogens (primary N) is 1. The third-order valence-corrected chi connectivity index (χ3v) is 1.54. The molecule has 0 fully saturated rings. The molecule has 0 aromatic rings. The van der Waals surface area contributed by atoms with Crippen molar-refractivity contribution in [2.45, 2.75) is 6.04 Å². The van der Waals surface area contributed by atoms with Gasteiger partial charge in [0.05, 0.1) is 6.61 Å². The summed E-state index contributed by atoms with van der Waals surface area (Å²) in [5, 5.41) is 8.19. The molecule has 0 aromatic carbocycles. The summed E-state index contributed by atoms with van der Waals surface area (Å²) in [5.41, 5.74) is 4.95. The van der Waals surface area contributed by atoms with Crippen molar-refractivity contribution in [2.75, 3.05) is 6.61 Å². The van der Waals surface area contributed by atoms with Gasteiger partial charge in [-0.3, -0.25) is 4.79 Å². The van der Waals surface area contributed by atoms with Crippen LogP contribution in [0.4, 0.5) is 0 Å². The first-order valence-electron chi connectivity index (χ1n) is 2.51. The third kappa shape index (κ3) is 6.36. The number of hydrogen-bond acceptors (Lipinski definition) is 4. The Morgan fingerprint density at radius 2 is 2.18 bits per heavy atom. The smallest absolute Gasteiger partial charge is 0.322 e. The fourth-order valence-corrected chi connectivity index (χ4v) is 0.786. The summed E-state index contributed by atoms with van der Waals surface area (Å²) in [6, 6.07) is -1.28. The van der Waals surface area contributed by atoms with Gasteiger partial charge in [-0.1, -0.05) is 0 Å². The molecule has 0 bridgehead atoms. The maximum Gasteiger partial charge on any atom is 0.322 e. The normalized spacial score (nSPS) is 14.5. The van der Waals surface area contributed by atoms with Gasteiger partial charge in [-0.25, -0.2) is 0 Å². The molecule has 0 aliphatic carbocycles. The van der Waals surface area contributed by atoms with E-state index in [-0.39, 0.29) is 0 Å². The predicted molar refractivity (Wildman–Crippen MR) is 40.3 cm³/mol. The molecular weight excluding hydrogens is 193 g/mol.